The Bertz CT molecular complexity index is 1160. The molecule has 0 bridgehead atoms. The number of anilines is 1. The Balaban J connectivity index is 2.28. The van der Waals surface area contributed by atoms with Crippen LogP contribution < -0.4 is 10.9 Å². The lowest BCUT2D eigenvalue weighted by atomic mass is 9.96. The number of halogens is 1. The van der Waals surface area contributed by atoms with Crippen LogP contribution in [0.1, 0.15) is 38.2 Å². The molecule has 0 saturated heterocycles. The second-order valence-electron chi connectivity index (χ2n) is 7.32. The molecule has 1 N–H and O–H groups in total. The van der Waals surface area contributed by atoms with Gasteiger partial charge in [0.05, 0.1) is 17.7 Å². The summed E-state index contributed by atoms with van der Waals surface area (Å²) in [5.74, 6) is -1.55. The van der Waals surface area contributed by atoms with Gasteiger partial charge in [0.25, 0.3) is 5.56 Å². The quantitative estimate of drug-likeness (QED) is 0.653. The fourth-order valence-electron chi connectivity index (χ4n) is 2.57. The van der Waals surface area contributed by atoms with Gasteiger partial charge in [-0.1, -0.05) is 26.8 Å². The van der Waals surface area contributed by atoms with E-state index < -0.39 is 22.8 Å². The molecule has 3 rings (SSSR count). The summed E-state index contributed by atoms with van der Waals surface area (Å²) in [4.78, 5) is 38.1. The zero-order chi connectivity index (χ0) is 21.3. The van der Waals surface area contributed by atoms with Crippen molar-refractivity contribution in [3.05, 3.63) is 51.5 Å². The molecule has 0 radical (unpaired) electrons. The number of ether oxygens (including phenoxy) is 1. The minimum atomic E-state index is -0.714. The maximum absolute atomic E-state index is 13.7. The normalized spacial score (nSPS) is 11.5. The maximum atomic E-state index is 13.7. The highest BCUT2D eigenvalue weighted by Crippen LogP contribution is 2.32. The van der Waals surface area contributed by atoms with Crippen LogP contribution in [0.4, 0.5) is 9.39 Å². The summed E-state index contributed by atoms with van der Waals surface area (Å²) in [5.41, 5.74) is -1.20. The molecule has 1 amide bonds. The largest absolute Gasteiger partial charge is 0.461 e. The van der Waals surface area contributed by atoms with Gasteiger partial charge in [-0.3, -0.25) is 9.59 Å². The van der Waals surface area contributed by atoms with Crippen LogP contribution in [0.15, 0.2) is 34.4 Å². The summed E-state index contributed by atoms with van der Waals surface area (Å²) < 4.78 is 19.7. The van der Waals surface area contributed by atoms with Gasteiger partial charge in [-0.25, -0.2) is 9.18 Å². The van der Waals surface area contributed by atoms with Crippen LogP contribution in [0.3, 0.4) is 0 Å². The first kappa shape index (κ1) is 20.7. The zero-order valence-corrected chi connectivity index (χ0v) is 17.2. The Morgan fingerprint density at radius 1 is 1.31 bits per heavy atom. The van der Waals surface area contributed by atoms with E-state index >= 15 is 0 Å². The van der Waals surface area contributed by atoms with E-state index in [1.165, 1.54) is 18.2 Å². The molecular formula is C20H20FN3O4S. The minimum absolute atomic E-state index is 0.0850. The van der Waals surface area contributed by atoms with E-state index in [0.29, 0.717) is 5.00 Å². The summed E-state index contributed by atoms with van der Waals surface area (Å²) in [5, 5.41) is 9.14. The SMILES string of the molecule is CCOC(=O)c1nn(-c2cccc(F)c2)c(=O)c2c(NC(=O)C(C)(C)C)scc12. The molecule has 0 saturated carbocycles. The number of hydrogen-bond donors (Lipinski definition) is 1. The number of benzene rings is 1. The van der Waals surface area contributed by atoms with Gasteiger partial charge in [0.2, 0.25) is 5.91 Å². The second kappa shape index (κ2) is 7.75. The van der Waals surface area contributed by atoms with E-state index in [4.69, 9.17) is 4.74 Å². The molecule has 0 aliphatic heterocycles. The first-order chi connectivity index (χ1) is 13.6. The molecular weight excluding hydrogens is 397 g/mol. The molecule has 0 aliphatic rings. The molecule has 2 heterocycles. The number of carbonyl (C=O) groups excluding carboxylic acids is 2. The van der Waals surface area contributed by atoms with Crippen LogP contribution in [-0.4, -0.2) is 28.3 Å². The molecule has 152 valence electrons. The van der Waals surface area contributed by atoms with Crippen LogP contribution in [0.25, 0.3) is 16.5 Å². The molecule has 29 heavy (non-hydrogen) atoms. The number of rotatable bonds is 4. The van der Waals surface area contributed by atoms with Gasteiger partial charge in [0, 0.05) is 16.2 Å². The average molecular weight is 417 g/mol. The summed E-state index contributed by atoms with van der Waals surface area (Å²) in [6, 6.07) is 5.30. The Hall–Kier alpha value is -3.07. The molecule has 9 heteroatoms. The van der Waals surface area contributed by atoms with Crippen LogP contribution >= 0.6 is 11.3 Å². The Labute approximate surface area is 170 Å². The summed E-state index contributed by atoms with van der Waals surface area (Å²) >= 11 is 1.11. The smallest absolute Gasteiger partial charge is 0.359 e. The highest BCUT2D eigenvalue weighted by atomic mass is 32.1. The Morgan fingerprint density at radius 3 is 2.66 bits per heavy atom. The number of aromatic nitrogens is 2. The Kier molecular flexibility index (Phi) is 5.52. The van der Waals surface area contributed by atoms with Crippen molar-refractivity contribution in [3.63, 3.8) is 0 Å². The third-order valence-corrected chi connectivity index (χ3v) is 4.98. The Morgan fingerprint density at radius 2 is 2.03 bits per heavy atom. The highest BCUT2D eigenvalue weighted by Gasteiger charge is 2.26. The fourth-order valence-corrected chi connectivity index (χ4v) is 3.50. The highest BCUT2D eigenvalue weighted by molar-refractivity contribution is 7.16. The van der Waals surface area contributed by atoms with Crippen molar-refractivity contribution in [2.24, 2.45) is 5.41 Å². The first-order valence-corrected chi connectivity index (χ1v) is 9.80. The summed E-state index contributed by atoms with van der Waals surface area (Å²) in [7, 11) is 0. The predicted molar refractivity (Wildman–Crippen MR) is 109 cm³/mol. The molecule has 1 aromatic carbocycles. The van der Waals surface area contributed by atoms with Crippen LogP contribution in [0, 0.1) is 11.2 Å². The van der Waals surface area contributed by atoms with Crippen molar-refractivity contribution in [2.45, 2.75) is 27.7 Å². The predicted octanol–water partition coefficient (Wildman–Crippen LogP) is 3.75. The lowest BCUT2D eigenvalue weighted by Gasteiger charge is -2.17. The third kappa shape index (κ3) is 4.04. The van der Waals surface area contributed by atoms with Gasteiger partial charge in [-0.05, 0) is 25.1 Å². The fraction of sp³-hybridized carbons (Fsp3) is 0.300. The topological polar surface area (TPSA) is 90.3 Å². The standard InChI is InChI=1S/C20H20FN3O4S/c1-5-28-18(26)15-13-10-29-16(22-19(27)20(2,3)4)14(13)17(25)24(23-15)12-8-6-7-11(21)9-12/h6-10H,5H2,1-4H3,(H,22,27). The number of esters is 1. The average Bonchev–Trinajstić information content (AvgIpc) is 3.05. The molecule has 7 nitrogen and oxygen atoms in total. The number of carbonyl (C=O) groups is 2. The van der Waals surface area contributed by atoms with Crippen molar-refractivity contribution in [1.82, 2.24) is 9.78 Å². The summed E-state index contributed by atoms with van der Waals surface area (Å²) in [6.45, 7) is 7.01. The van der Waals surface area contributed by atoms with Crippen LogP contribution in [0.5, 0.6) is 0 Å². The van der Waals surface area contributed by atoms with E-state index in [1.54, 1.807) is 33.1 Å². The monoisotopic (exact) mass is 417 g/mol. The van der Waals surface area contributed by atoms with E-state index in [-0.39, 0.29) is 34.7 Å². The van der Waals surface area contributed by atoms with E-state index in [2.05, 4.69) is 10.4 Å². The molecule has 0 fully saturated rings. The van der Waals surface area contributed by atoms with Crippen molar-refractivity contribution in [3.8, 4) is 5.69 Å². The summed E-state index contributed by atoms with van der Waals surface area (Å²) in [6.07, 6.45) is 0. The van der Waals surface area contributed by atoms with Gasteiger partial charge >= 0.3 is 5.97 Å². The van der Waals surface area contributed by atoms with Gasteiger partial charge in [0.15, 0.2) is 5.69 Å². The first-order valence-electron chi connectivity index (χ1n) is 8.92. The van der Waals surface area contributed by atoms with Crippen molar-refractivity contribution < 1.29 is 18.7 Å². The molecule has 0 atom stereocenters. The van der Waals surface area contributed by atoms with Crippen LogP contribution in [0.2, 0.25) is 0 Å². The van der Waals surface area contributed by atoms with Crippen molar-refractivity contribution in [2.75, 3.05) is 11.9 Å². The van der Waals surface area contributed by atoms with Gasteiger partial charge in [-0.2, -0.15) is 9.78 Å². The minimum Gasteiger partial charge on any atom is -0.461 e. The number of nitrogens with zero attached hydrogens (tertiary/aromatic N) is 2. The maximum Gasteiger partial charge on any atom is 0.359 e. The second-order valence-corrected chi connectivity index (χ2v) is 8.20. The number of nitrogens with one attached hydrogen (secondary N) is 1. The number of amides is 1. The van der Waals surface area contributed by atoms with E-state index in [0.717, 1.165) is 22.1 Å². The van der Waals surface area contributed by atoms with E-state index in [1.807, 2.05) is 0 Å². The number of fused-ring (bicyclic) bond motifs is 1. The molecule has 0 unspecified atom stereocenters. The van der Waals surface area contributed by atoms with Crippen molar-refractivity contribution >= 4 is 39.0 Å². The molecule has 2 aromatic heterocycles. The van der Waals surface area contributed by atoms with E-state index in [9.17, 15) is 18.8 Å². The number of thiophene rings is 1. The molecule has 3 aromatic rings. The molecule has 0 spiro atoms. The third-order valence-electron chi connectivity index (χ3n) is 4.08. The van der Waals surface area contributed by atoms with Crippen molar-refractivity contribution in [1.29, 1.82) is 0 Å². The number of hydrogen-bond acceptors (Lipinski definition) is 6. The zero-order valence-electron chi connectivity index (χ0n) is 16.4. The van der Waals surface area contributed by atoms with Crippen LogP contribution in [-0.2, 0) is 9.53 Å². The van der Waals surface area contributed by atoms with Gasteiger partial charge in [0.1, 0.15) is 10.8 Å². The lowest BCUT2D eigenvalue weighted by Crippen LogP contribution is -2.29. The molecule has 0 aliphatic carbocycles. The lowest BCUT2D eigenvalue weighted by molar-refractivity contribution is -0.123. The van der Waals surface area contributed by atoms with Gasteiger partial charge in [-0.15, -0.1) is 11.3 Å². The van der Waals surface area contributed by atoms with Gasteiger partial charge < -0.3 is 10.1 Å².